The van der Waals surface area contributed by atoms with Gasteiger partial charge in [-0.1, -0.05) is 18.2 Å². The molecule has 4 aromatic heterocycles. The fraction of sp³-hybridized carbons (Fsp3) is 0.120. The molecule has 8 heteroatoms. The first-order valence-electron chi connectivity index (χ1n) is 10.8. The van der Waals surface area contributed by atoms with Crippen LogP contribution in [0, 0.1) is 0 Å². The quantitative estimate of drug-likeness (QED) is 0.414. The van der Waals surface area contributed by atoms with Crippen molar-refractivity contribution < 1.29 is 9.59 Å². The average Bonchev–Trinajstić information content (AvgIpc) is 3.60. The average molecular weight is 436 g/mol. The Bertz CT molecular complexity index is 1550. The van der Waals surface area contributed by atoms with Crippen LogP contribution in [0.15, 0.2) is 79.9 Å². The summed E-state index contributed by atoms with van der Waals surface area (Å²) in [6.45, 7) is 1.62. The number of fused-ring (bicyclic) bond motifs is 2. The molecule has 0 saturated carbocycles. The second-order valence-corrected chi connectivity index (χ2v) is 8.03. The van der Waals surface area contributed by atoms with Gasteiger partial charge in [0.05, 0.1) is 17.4 Å². The van der Waals surface area contributed by atoms with Crippen molar-refractivity contribution in [2.75, 3.05) is 0 Å². The highest BCUT2D eigenvalue weighted by atomic mass is 16.2. The standard InChI is InChI=1S/C25H20N6O2/c32-24-22(23(25(33)28-24)31-12-7-17-14-26-8-6-20(17)31)19-15-30(21-5-2-1-4-18(19)21)11-3-10-29-13-9-27-16-29/h1-2,4-9,12-16H,3,10-11H2,(H,28,32,33). The molecule has 0 aliphatic carbocycles. The summed E-state index contributed by atoms with van der Waals surface area (Å²) >= 11 is 0. The molecule has 1 aliphatic rings. The summed E-state index contributed by atoms with van der Waals surface area (Å²) in [5.41, 5.74) is 3.33. The van der Waals surface area contributed by atoms with Crippen LogP contribution in [0.3, 0.4) is 0 Å². The molecule has 1 aromatic carbocycles. The van der Waals surface area contributed by atoms with Gasteiger partial charge in [-0.3, -0.25) is 19.9 Å². The van der Waals surface area contributed by atoms with E-state index in [4.69, 9.17) is 0 Å². The Kier molecular flexibility index (Phi) is 4.43. The lowest BCUT2D eigenvalue weighted by Crippen LogP contribution is -2.23. The van der Waals surface area contributed by atoms with Crippen molar-refractivity contribution in [3.63, 3.8) is 0 Å². The first-order chi connectivity index (χ1) is 16.2. The second-order valence-electron chi connectivity index (χ2n) is 8.03. The normalized spacial score (nSPS) is 14.1. The molecule has 0 unspecified atom stereocenters. The van der Waals surface area contributed by atoms with Gasteiger partial charge >= 0.3 is 0 Å². The summed E-state index contributed by atoms with van der Waals surface area (Å²) in [5.74, 6) is -0.784. The van der Waals surface area contributed by atoms with E-state index >= 15 is 0 Å². The maximum atomic E-state index is 13.0. The van der Waals surface area contributed by atoms with Gasteiger partial charge in [-0.05, 0) is 24.6 Å². The minimum atomic E-state index is -0.402. The summed E-state index contributed by atoms with van der Waals surface area (Å²) in [4.78, 5) is 34.2. The van der Waals surface area contributed by atoms with Crippen molar-refractivity contribution in [2.45, 2.75) is 19.5 Å². The molecule has 5 aromatic rings. The topological polar surface area (TPSA) is 86.7 Å². The SMILES string of the molecule is O=C1NC(=O)C(n2ccc3cnccc32)=C1c1cn(CCCn2ccnc2)c2ccccc12. The van der Waals surface area contributed by atoms with Crippen LogP contribution in [-0.2, 0) is 22.7 Å². The Morgan fingerprint density at radius 2 is 1.79 bits per heavy atom. The van der Waals surface area contributed by atoms with E-state index in [-0.39, 0.29) is 5.91 Å². The summed E-state index contributed by atoms with van der Waals surface area (Å²) in [5, 5.41) is 4.34. The fourth-order valence-electron chi connectivity index (χ4n) is 4.58. The van der Waals surface area contributed by atoms with Crippen LogP contribution in [0.2, 0.25) is 0 Å². The van der Waals surface area contributed by atoms with Crippen LogP contribution in [0.1, 0.15) is 12.0 Å². The number of pyridine rings is 1. The van der Waals surface area contributed by atoms with Crippen molar-refractivity contribution >= 4 is 44.9 Å². The predicted octanol–water partition coefficient (Wildman–Crippen LogP) is 3.30. The number of nitrogens with one attached hydrogen (secondary N) is 1. The summed E-state index contributed by atoms with van der Waals surface area (Å²) in [6, 6.07) is 11.7. The molecule has 8 nitrogen and oxygen atoms in total. The molecule has 1 N–H and O–H groups in total. The molecule has 1 aliphatic heterocycles. The lowest BCUT2D eigenvalue weighted by molar-refractivity contribution is -0.122. The highest BCUT2D eigenvalue weighted by molar-refractivity contribution is 6.47. The molecule has 6 rings (SSSR count). The van der Waals surface area contributed by atoms with Gasteiger partial charge in [-0.25, -0.2) is 4.98 Å². The molecule has 0 saturated heterocycles. The third-order valence-corrected chi connectivity index (χ3v) is 6.07. The zero-order chi connectivity index (χ0) is 22.4. The number of aromatic nitrogens is 5. The fourth-order valence-corrected chi connectivity index (χ4v) is 4.58. The van der Waals surface area contributed by atoms with Crippen LogP contribution in [0.5, 0.6) is 0 Å². The first kappa shape index (κ1) is 19.2. The number of benzene rings is 1. The number of carbonyl (C=O) groups is 2. The number of hydrogen-bond donors (Lipinski definition) is 1. The Morgan fingerprint density at radius 1 is 0.879 bits per heavy atom. The molecule has 0 bridgehead atoms. The zero-order valence-electron chi connectivity index (χ0n) is 17.7. The number of aryl methyl sites for hydroxylation is 2. The Balaban J connectivity index is 1.48. The van der Waals surface area contributed by atoms with E-state index in [2.05, 4.69) is 19.9 Å². The van der Waals surface area contributed by atoms with Crippen molar-refractivity contribution in [1.29, 1.82) is 0 Å². The van der Waals surface area contributed by atoms with Gasteiger partial charge in [0.25, 0.3) is 11.8 Å². The van der Waals surface area contributed by atoms with Gasteiger partial charge in [0.2, 0.25) is 0 Å². The number of hydrogen-bond acceptors (Lipinski definition) is 4. The van der Waals surface area contributed by atoms with E-state index in [9.17, 15) is 9.59 Å². The number of imide groups is 1. The van der Waals surface area contributed by atoms with E-state index in [1.54, 1.807) is 23.2 Å². The maximum Gasteiger partial charge on any atom is 0.275 e. The van der Waals surface area contributed by atoms with E-state index in [0.29, 0.717) is 11.3 Å². The van der Waals surface area contributed by atoms with Crippen molar-refractivity contribution in [1.82, 2.24) is 29.0 Å². The number of para-hydroxylation sites is 1. The predicted molar refractivity (Wildman–Crippen MR) is 125 cm³/mol. The molecule has 0 fully saturated rings. The second kappa shape index (κ2) is 7.59. The summed E-state index contributed by atoms with van der Waals surface area (Å²) in [7, 11) is 0. The van der Waals surface area contributed by atoms with Gasteiger partial charge in [0.15, 0.2) is 0 Å². The number of imidazole rings is 1. The molecular weight excluding hydrogens is 416 g/mol. The monoisotopic (exact) mass is 436 g/mol. The minimum Gasteiger partial charge on any atom is -0.347 e. The molecule has 2 amide bonds. The zero-order valence-corrected chi connectivity index (χ0v) is 17.7. The summed E-state index contributed by atoms with van der Waals surface area (Å²) in [6.07, 6.45) is 13.6. The molecule has 0 spiro atoms. The van der Waals surface area contributed by atoms with Crippen LogP contribution in [-0.4, -0.2) is 35.5 Å². The van der Waals surface area contributed by atoms with Crippen LogP contribution in [0.4, 0.5) is 0 Å². The van der Waals surface area contributed by atoms with E-state index in [0.717, 1.165) is 46.9 Å². The number of nitrogens with zero attached hydrogens (tertiary/aromatic N) is 5. The van der Waals surface area contributed by atoms with Crippen LogP contribution >= 0.6 is 0 Å². The molecule has 0 radical (unpaired) electrons. The molecule has 162 valence electrons. The molecular formula is C25H20N6O2. The molecule has 33 heavy (non-hydrogen) atoms. The Morgan fingerprint density at radius 3 is 2.67 bits per heavy atom. The van der Waals surface area contributed by atoms with Crippen molar-refractivity contribution in [3.8, 4) is 0 Å². The lowest BCUT2D eigenvalue weighted by atomic mass is 10.0. The minimum absolute atomic E-state index is 0.336. The van der Waals surface area contributed by atoms with Gasteiger partial charge in [0, 0.05) is 72.1 Å². The largest absolute Gasteiger partial charge is 0.347 e. The first-order valence-corrected chi connectivity index (χ1v) is 10.8. The highest BCUT2D eigenvalue weighted by Gasteiger charge is 2.34. The molecule has 5 heterocycles. The number of rotatable bonds is 6. The lowest BCUT2D eigenvalue weighted by Gasteiger charge is -2.07. The highest BCUT2D eigenvalue weighted by Crippen LogP contribution is 2.35. The number of carbonyl (C=O) groups excluding carboxylic acids is 2. The van der Waals surface area contributed by atoms with Crippen molar-refractivity contribution in [2.24, 2.45) is 0 Å². The van der Waals surface area contributed by atoms with E-state index in [1.165, 1.54) is 0 Å². The van der Waals surface area contributed by atoms with E-state index < -0.39 is 5.91 Å². The van der Waals surface area contributed by atoms with Gasteiger partial charge in [-0.15, -0.1) is 0 Å². The van der Waals surface area contributed by atoms with E-state index in [1.807, 2.05) is 65.9 Å². The van der Waals surface area contributed by atoms with Crippen LogP contribution < -0.4 is 5.32 Å². The third-order valence-electron chi connectivity index (χ3n) is 6.07. The smallest absolute Gasteiger partial charge is 0.275 e. The third kappa shape index (κ3) is 3.15. The maximum absolute atomic E-state index is 13.0. The van der Waals surface area contributed by atoms with Gasteiger partial charge in [-0.2, -0.15) is 0 Å². The summed E-state index contributed by atoms with van der Waals surface area (Å²) < 4.78 is 5.97. The van der Waals surface area contributed by atoms with Crippen LogP contribution in [0.25, 0.3) is 33.1 Å². The van der Waals surface area contributed by atoms with Gasteiger partial charge < -0.3 is 13.7 Å². The number of amides is 2. The molecule has 0 atom stereocenters. The van der Waals surface area contributed by atoms with Crippen molar-refractivity contribution in [3.05, 3.63) is 85.5 Å². The Hall–Kier alpha value is -4.46. The Labute approximate surface area is 188 Å². The van der Waals surface area contributed by atoms with Gasteiger partial charge in [0.1, 0.15) is 5.70 Å².